The summed E-state index contributed by atoms with van der Waals surface area (Å²) in [5.74, 6) is -0.985. The minimum absolute atomic E-state index is 0.178. The number of anilines is 1. The van der Waals surface area contributed by atoms with E-state index in [1.807, 2.05) is 6.07 Å². The van der Waals surface area contributed by atoms with Crippen LogP contribution in [0.25, 0.3) is 0 Å². The van der Waals surface area contributed by atoms with Crippen molar-refractivity contribution in [2.45, 2.75) is 13.5 Å². The Hall–Kier alpha value is -3.35. The highest BCUT2D eigenvalue weighted by Gasteiger charge is 2.73. The number of Topliss-reactive ketones (excluding diaryl/α,β-unsaturated/α-hetero) is 1. The smallest absolute Gasteiger partial charge is 0.229 e. The predicted molar refractivity (Wildman–Crippen MR) is 106 cm³/mol. The molecule has 0 bridgehead atoms. The Bertz CT molecular complexity index is 1020. The first-order chi connectivity index (χ1) is 13.9. The third-order valence-corrected chi connectivity index (χ3v) is 5.91. The zero-order chi connectivity index (χ0) is 20.8. The number of ether oxygens (including phenoxy) is 2. The van der Waals surface area contributed by atoms with E-state index in [0.29, 0.717) is 22.7 Å². The Morgan fingerprint density at radius 1 is 1.10 bits per heavy atom. The minimum Gasteiger partial charge on any atom is -0.493 e. The van der Waals surface area contributed by atoms with Crippen molar-refractivity contribution in [1.29, 1.82) is 0 Å². The van der Waals surface area contributed by atoms with Gasteiger partial charge >= 0.3 is 0 Å². The number of amides is 2. The summed E-state index contributed by atoms with van der Waals surface area (Å²) in [5.41, 5.74) is 0.739. The molecule has 7 heteroatoms. The van der Waals surface area contributed by atoms with Gasteiger partial charge in [0.1, 0.15) is 0 Å². The van der Waals surface area contributed by atoms with Crippen LogP contribution in [0.15, 0.2) is 42.5 Å². The molecule has 2 aromatic carbocycles. The van der Waals surface area contributed by atoms with Crippen LogP contribution >= 0.6 is 0 Å². The van der Waals surface area contributed by atoms with Gasteiger partial charge in [-0.25, -0.2) is 0 Å². The van der Waals surface area contributed by atoms with E-state index in [-0.39, 0.29) is 24.1 Å². The number of para-hydroxylation sites is 1. The number of carbonyl (C=O) groups is 3. The van der Waals surface area contributed by atoms with Crippen molar-refractivity contribution >= 4 is 23.3 Å². The first kappa shape index (κ1) is 19.0. The van der Waals surface area contributed by atoms with Crippen molar-refractivity contribution in [3.63, 3.8) is 0 Å². The van der Waals surface area contributed by atoms with Crippen LogP contribution in [0.2, 0.25) is 0 Å². The largest absolute Gasteiger partial charge is 0.493 e. The van der Waals surface area contributed by atoms with Crippen LogP contribution in [0.4, 0.5) is 5.69 Å². The topological polar surface area (TPSA) is 93.7 Å². The molecule has 1 saturated carbocycles. The molecule has 7 nitrogen and oxygen atoms in total. The van der Waals surface area contributed by atoms with Gasteiger partial charge in [-0.05, 0) is 29.8 Å². The molecule has 2 aromatic rings. The zero-order valence-electron chi connectivity index (χ0n) is 16.4. The summed E-state index contributed by atoms with van der Waals surface area (Å²) in [4.78, 5) is 38.6. The molecule has 2 amide bonds. The third kappa shape index (κ3) is 2.93. The van der Waals surface area contributed by atoms with E-state index in [1.54, 1.807) is 57.5 Å². The van der Waals surface area contributed by atoms with Crippen LogP contribution < -0.4 is 20.1 Å². The normalized spacial score (nSPS) is 24.5. The number of carbonyl (C=O) groups excluding carboxylic acids is 3. The van der Waals surface area contributed by atoms with E-state index < -0.39 is 17.3 Å². The third-order valence-electron chi connectivity index (χ3n) is 5.91. The molecule has 0 aromatic heterocycles. The molecular formula is C22H22N2O5. The summed E-state index contributed by atoms with van der Waals surface area (Å²) in [6.07, 6.45) is 0. The number of methoxy groups -OCH3 is 2. The number of benzene rings is 2. The van der Waals surface area contributed by atoms with Gasteiger partial charge in [-0.3, -0.25) is 14.4 Å². The van der Waals surface area contributed by atoms with Crippen molar-refractivity contribution in [2.75, 3.05) is 19.5 Å². The summed E-state index contributed by atoms with van der Waals surface area (Å²) >= 11 is 0. The second kappa shape index (κ2) is 6.92. The van der Waals surface area contributed by atoms with Crippen LogP contribution in [-0.2, 0) is 16.1 Å². The van der Waals surface area contributed by atoms with Gasteiger partial charge in [-0.1, -0.05) is 25.1 Å². The standard InChI is InChI=1S/C22H22N2O5/c1-22-17(18(22)21(27)24-14-7-5-4-6-13(14)19(22)25)20(26)23-11-12-8-9-15(28-2)16(10-12)29-3/h4-10,17-18H,11H2,1-3H3,(H,23,26)(H,24,27)/t17-,18-,22+/m0/s1. The number of hydrogen-bond acceptors (Lipinski definition) is 5. The number of hydrogen-bond donors (Lipinski definition) is 2. The van der Waals surface area contributed by atoms with Crippen molar-refractivity contribution < 1.29 is 23.9 Å². The summed E-state index contributed by atoms with van der Waals surface area (Å²) in [7, 11) is 3.10. The van der Waals surface area contributed by atoms with E-state index in [0.717, 1.165) is 5.56 Å². The number of ketones is 1. The maximum Gasteiger partial charge on any atom is 0.229 e. The molecule has 1 fully saturated rings. The Labute approximate surface area is 168 Å². The van der Waals surface area contributed by atoms with Crippen molar-refractivity contribution in [2.24, 2.45) is 17.3 Å². The van der Waals surface area contributed by atoms with Gasteiger partial charge in [0, 0.05) is 12.1 Å². The molecule has 0 spiro atoms. The van der Waals surface area contributed by atoms with E-state index in [1.165, 1.54) is 0 Å². The lowest BCUT2D eigenvalue weighted by molar-refractivity contribution is -0.125. The Balaban J connectivity index is 1.51. The minimum atomic E-state index is -1.03. The lowest BCUT2D eigenvalue weighted by atomic mass is 9.92. The molecule has 2 N–H and O–H groups in total. The van der Waals surface area contributed by atoms with Gasteiger partial charge in [-0.2, -0.15) is 0 Å². The first-order valence-electron chi connectivity index (χ1n) is 9.35. The summed E-state index contributed by atoms with van der Waals surface area (Å²) in [6, 6.07) is 12.3. The summed E-state index contributed by atoms with van der Waals surface area (Å²) < 4.78 is 10.5. The molecule has 1 heterocycles. The van der Waals surface area contributed by atoms with Crippen LogP contribution in [0.5, 0.6) is 11.5 Å². The van der Waals surface area contributed by atoms with Gasteiger partial charge in [0.15, 0.2) is 17.3 Å². The molecule has 150 valence electrons. The number of fused-ring (bicyclic) bond motifs is 2. The molecule has 1 aliphatic carbocycles. The molecule has 29 heavy (non-hydrogen) atoms. The summed E-state index contributed by atoms with van der Waals surface area (Å²) in [5, 5.41) is 5.63. The first-order valence-corrected chi connectivity index (χ1v) is 9.35. The SMILES string of the molecule is COc1ccc(CNC(=O)[C@@H]2[C@H]3C(=O)Nc4ccccc4C(=O)[C@]23C)cc1OC. The fourth-order valence-corrected chi connectivity index (χ4v) is 4.22. The van der Waals surface area contributed by atoms with Crippen LogP contribution in [0.3, 0.4) is 0 Å². The lowest BCUT2D eigenvalue weighted by Crippen LogP contribution is -2.29. The highest BCUT2D eigenvalue weighted by molar-refractivity contribution is 6.19. The molecule has 0 unspecified atom stereocenters. The van der Waals surface area contributed by atoms with Gasteiger partial charge in [0.05, 0.1) is 37.2 Å². The molecule has 2 aliphatic rings. The van der Waals surface area contributed by atoms with Gasteiger partial charge in [-0.15, -0.1) is 0 Å². The van der Waals surface area contributed by atoms with Gasteiger partial charge in [0.2, 0.25) is 11.8 Å². The average Bonchev–Trinajstić information content (AvgIpc) is 3.39. The van der Waals surface area contributed by atoms with Crippen LogP contribution in [0, 0.1) is 17.3 Å². The molecule has 1 aliphatic heterocycles. The van der Waals surface area contributed by atoms with E-state index in [4.69, 9.17) is 9.47 Å². The van der Waals surface area contributed by atoms with E-state index in [2.05, 4.69) is 10.6 Å². The highest BCUT2D eigenvalue weighted by atomic mass is 16.5. The van der Waals surface area contributed by atoms with Crippen molar-refractivity contribution in [3.8, 4) is 11.5 Å². The van der Waals surface area contributed by atoms with E-state index in [9.17, 15) is 14.4 Å². The zero-order valence-corrected chi connectivity index (χ0v) is 16.4. The van der Waals surface area contributed by atoms with Crippen molar-refractivity contribution in [1.82, 2.24) is 5.32 Å². The second-order valence-corrected chi connectivity index (χ2v) is 7.51. The second-order valence-electron chi connectivity index (χ2n) is 7.51. The lowest BCUT2D eigenvalue weighted by Gasteiger charge is -2.13. The fraction of sp³-hybridized carbons (Fsp3) is 0.318. The Morgan fingerprint density at radius 3 is 2.55 bits per heavy atom. The Morgan fingerprint density at radius 2 is 1.83 bits per heavy atom. The van der Waals surface area contributed by atoms with Crippen molar-refractivity contribution in [3.05, 3.63) is 53.6 Å². The fourth-order valence-electron chi connectivity index (χ4n) is 4.22. The monoisotopic (exact) mass is 394 g/mol. The van der Waals surface area contributed by atoms with Gasteiger partial charge in [0.25, 0.3) is 0 Å². The Kier molecular flexibility index (Phi) is 4.53. The molecular weight excluding hydrogens is 372 g/mol. The molecule has 0 radical (unpaired) electrons. The number of nitrogens with one attached hydrogen (secondary N) is 2. The maximum atomic E-state index is 13.1. The predicted octanol–water partition coefficient (Wildman–Crippen LogP) is 2.41. The molecule has 3 atom stereocenters. The van der Waals surface area contributed by atoms with Crippen LogP contribution in [0.1, 0.15) is 22.8 Å². The molecule has 4 rings (SSSR count). The molecule has 0 saturated heterocycles. The van der Waals surface area contributed by atoms with Gasteiger partial charge < -0.3 is 20.1 Å². The highest BCUT2D eigenvalue weighted by Crippen LogP contribution is 2.62. The number of rotatable bonds is 5. The maximum absolute atomic E-state index is 13.1. The summed E-state index contributed by atoms with van der Waals surface area (Å²) in [6.45, 7) is 1.95. The quantitative estimate of drug-likeness (QED) is 0.812. The van der Waals surface area contributed by atoms with E-state index >= 15 is 0 Å². The average molecular weight is 394 g/mol. The van der Waals surface area contributed by atoms with Crippen LogP contribution in [-0.4, -0.2) is 31.8 Å².